The van der Waals surface area contributed by atoms with E-state index in [9.17, 15) is 13.2 Å². The number of esters is 1. The van der Waals surface area contributed by atoms with Gasteiger partial charge in [0.05, 0.1) is 23.4 Å². The van der Waals surface area contributed by atoms with Gasteiger partial charge in [0.1, 0.15) is 5.60 Å². The SMILES string of the molecule is Cc1ccc(S(=O)(=O)N2[C@H](c3c[nH]c4ccccc34)c3ccccc3[C@@H]2CC(=O)OC(C)(C)C)cc1. The Bertz CT molecular complexity index is 1530. The first kappa shape index (κ1) is 24.3. The van der Waals surface area contributed by atoms with Gasteiger partial charge in [-0.3, -0.25) is 4.79 Å². The first-order chi connectivity index (χ1) is 17.1. The highest BCUT2D eigenvalue weighted by Gasteiger charge is 2.48. The first-order valence-corrected chi connectivity index (χ1v) is 13.5. The van der Waals surface area contributed by atoms with E-state index in [1.807, 2.05) is 82.4 Å². The maximum atomic E-state index is 14.3. The van der Waals surface area contributed by atoms with E-state index < -0.39 is 33.7 Å². The first-order valence-electron chi connectivity index (χ1n) is 12.0. The van der Waals surface area contributed by atoms with Crippen LogP contribution < -0.4 is 0 Å². The second kappa shape index (κ2) is 8.91. The van der Waals surface area contributed by atoms with E-state index in [-0.39, 0.29) is 11.3 Å². The lowest BCUT2D eigenvalue weighted by Gasteiger charge is -2.30. The molecule has 186 valence electrons. The molecule has 0 aliphatic carbocycles. The fraction of sp³-hybridized carbons (Fsp3) is 0.276. The Morgan fingerprint density at radius 1 is 0.917 bits per heavy atom. The van der Waals surface area contributed by atoms with Crippen molar-refractivity contribution in [2.24, 2.45) is 0 Å². The molecular formula is C29H30N2O4S. The van der Waals surface area contributed by atoms with Gasteiger partial charge >= 0.3 is 5.97 Å². The van der Waals surface area contributed by atoms with Crippen LogP contribution in [0.4, 0.5) is 0 Å². The molecule has 0 saturated heterocycles. The number of nitrogens with one attached hydrogen (secondary N) is 1. The molecule has 6 nitrogen and oxygen atoms in total. The van der Waals surface area contributed by atoms with E-state index in [2.05, 4.69) is 4.98 Å². The second-order valence-electron chi connectivity index (χ2n) is 10.3. The van der Waals surface area contributed by atoms with Gasteiger partial charge in [-0.1, -0.05) is 60.2 Å². The molecule has 4 aromatic rings. The van der Waals surface area contributed by atoms with Crippen molar-refractivity contribution in [3.8, 4) is 0 Å². The quantitative estimate of drug-likeness (QED) is 0.337. The summed E-state index contributed by atoms with van der Waals surface area (Å²) in [6, 6.07) is 21.0. The number of hydrogen-bond acceptors (Lipinski definition) is 4. The van der Waals surface area contributed by atoms with Crippen LogP contribution in [0.5, 0.6) is 0 Å². The topological polar surface area (TPSA) is 79.5 Å². The minimum Gasteiger partial charge on any atom is -0.460 e. The highest BCUT2D eigenvalue weighted by Crippen LogP contribution is 2.51. The zero-order valence-electron chi connectivity index (χ0n) is 20.9. The molecule has 3 aromatic carbocycles. The van der Waals surface area contributed by atoms with Crippen molar-refractivity contribution in [1.82, 2.24) is 9.29 Å². The average Bonchev–Trinajstić information content (AvgIpc) is 3.38. The van der Waals surface area contributed by atoms with Crippen molar-refractivity contribution in [1.29, 1.82) is 0 Å². The maximum absolute atomic E-state index is 14.3. The van der Waals surface area contributed by atoms with E-state index in [4.69, 9.17) is 4.74 Å². The third-order valence-corrected chi connectivity index (χ3v) is 8.39. The predicted molar refractivity (Wildman–Crippen MR) is 140 cm³/mol. The van der Waals surface area contributed by atoms with Gasteiger partial charge in [-0.25, -0.2) is 8.42 Å². The van der Waals surface area contributed by atoms with E-state index >= 15 is 0 Å². The Labute approximate surface area is 212 Å². The number of aryl methyl sites for hydroxylation is 1. The molecule has 36 heavy (non-hydrogen) atoms. The van der Waals surface area contributed by atoms with Crippen LogP contribution in [-0.2, 0) is 19.6 Å². The molecule has 0 fully saturated rings. The predicted octanol–water partition coefficient (Wildman–Crippen LogP) is 6.04. The molecule has 2 atom stereocenters. The van der Waals surface area contributed by atoms with Crippen LogP contribution in [0.1, 0.15) is 61.5 Å². The maximum Gasteiger partial charge on any atom is 0.308 e. The molecule has 0 saturated carbocycles. The fourth-order valence-electron chi connectivity index (χ4n) is 5.02. The summed E-state index contributed by atoms with van der Waals surface area (Å²) in [6.07, 6.45) is 1.79. The van der Waals surface area contributed by atoms with Gasteiger partial charge in [0, 0.05) is 22.7 Å². The van der Waals surface area contributed by atoms with Gasteiger partial charge in [-0.05, 0) is 57.0 Å². The molecule has 1 aliphatic rings. The van der Waals surface area contributed by atoms with E-state index in [0.717, 1.165) is 33.2 Å². The Morgan fingerprint density at radius 3 is 2.25 bits per heavy atom. The fourth-order valence-corrected chi connectivity index (χ4v) is 6.77. The molecule has 1 aliphatic heterocycles. The lowest BCUT2D eigenvalue weighted by Crippen LogP contribution is -2.35. The highest BCUT2D eigenvalue weighted by molar-refractivity contribution is 7.89. The van der Waals surface area contributed by atoms with E-state index in [1.165, 1.54) is 4.31 Å². The summed E-state index contributed by atoms with van der Waals surface area (Å²) in [6.45, 7) is 7.34. The standard InChI is InChI=1S/C29H30N2O4S/c1-19-13-15-20(16-14-19)36(33,34)31-26(17-27(32)35-29(2,3)4)22-10-5-6-11-23(22)28(31)24-18-30-25-12-8-7-9-21(24)25/h5-16,18,26,28,30H,17H2,1-4H3/t26-,28-/m0/s1. The molecule has 1 N–H and O–H groups in total. The molecule has 5 rings (SSSR count). The number of para-hydroxylation sites is 1. The summed E-state index contributed by atoms with van der Waals surface area (Å²) < 4.78 is 35.7. The lowest BCUT2D eigenvalue weighted by molar-refractivity contribution is -0.155. The number of hydrogen-bond donors (Lipinski definition) is 1. The van der Waals surface area contributed by atoms with Crippen molar-refractivity contribution in [3.63, 3.8) is 0 Å². The molecule has 7 heteroatoms. The Morgan fingerprint density at radius 2 is 1.56 bits per heavy atom. The number of nitrogens with zero attached hydrogens (tertiary/aromatic N) is 1. The second-order valence-corrected chi connectivity index (χ2v) is 12.1. The number of rotatable bonds is 5. The minimum atomic E-state index is -3.99. The van der Waals surface area contributed by atoms with Gasteiger partial charge in [-0.15, -0.1) is 0 Å². The van der Waals surface area contributed by atoms with Crippen LogP contribution in [0.3, 0.4) is 0 Å². The number of sulfonamides is 1. The number of aromatic nitrogens is 1. The third-order valence-electron chi connectivity index (χ3n) is 6.50. The van der Waals surface area contributed by atoms with Crippen molar-refractivity contribution >= 4 is 26.9 Å². The van der Waals surface area contributed by atoms with Crippen LogP contribution in [-0.4, -0.2) is 29.3 Å². The van der Waals surface area contributed by atoms with Gasteiger partial charge < -0.3 is 9.72 Å². The number of ether oxygens (including phenoxy) is 1. The van der Waals surface area contributed by atoms with Crippen LogP contribution >= 0.6 is 0 Å². The molecule has 0 bridgehead atoms. The van der Waals surface area contributed by atoms with Crippen molar-refractivity contribution < 1.29 is 17.9 Å². The Hall–Kier alpha value is -3.42. The smallest absolute Gasteiger partial charge is 0.308 e. The summed E-state index contributed by atoms with van der Waals surface area (Å²) >= 11 is 0. The number of benzene rings is 3. The van der Waals surface area contributed by atoms with Crippen LogP contribution in [0.25, 0.3) is 10.9 Å². The number of carbonyl (C=O) groups is 1. The number of fused-ring (bicyclic) bond motifs is 2. The number of aromatic amines is 1. The minimum absolute atomic E-state index is 0.0851. The molecule has 0 amide bonds. The molecule has 2 heterocycles. The van der Waals surface area contributed by atoms with Crippen LogP contribution in [0.2, 0.25) is 0 Å². The van der Waals surface area contributed by atoms with Crippen molar-refractivity contribution in [2.75, 3.05) is 0 Å². The van der Waals surface area contributed by atoms with Crippen LogP contribution in [0.15, 0.2) is 83.9 Å². The Balaban J connectivity index is 1.71. The van der Waals surface area contributed by atoms with E-state index in [0.29, 0.717) is 0 Å². The lowest BCUT2D eigenvalue weighted by atomic mass is 9.96. The molecule has 0 unspecified atom stereocenters. The number of H-pyrrole nitrogens is 1. The summed E-state index contributed by atoms with van der Waals surface area (Å²) in [5.74, 6) is -0.439. The molecule has 1 aromatic heterocycles. The zero-order valence-corrected chi connectivity index (χ0v) is 21.7. The monoisotopic (exact) mass is 502 g/mol. The van der Waals surface area contributed by atoms with E-state index in [1.54, 1.807) is 24.3 Å². The molecular weight excluding hydrogens is 472 g/mol. The summed E-state index contributed by atoms with van der Waals surface area (Å²) in [5, 5.41) is 0.944. The van der Waals surface area contributed by atoms with Crippen molar-refractivity contribution in [3.05, 3.63) is 101 Å². The largest absolute Gasteiger partial charge is 0.460 e. The van der Waals surface area contributed by atoms with Gasteiger partial charge in [0.2, 0.25) is 10.0 Å². The van der Waals surface area contributed by atoms with Gasteiger partial charge in [0.25, 0.3) is 0 Å². The van der Waals surface area contributed by atoms with Gasteiger partial charge in [0.15, 0.2) is 0 Å². The van der Waals surface area contributed by atoms with Crippen LogP contribution in [0, 0.1) is 6.92 Å². The molecule has 0 radical (unpaired) electrons. The summed E-state index contributed by atoms with van der Waals surface area (Å²) in [5.41, 5.74) is 3.75. The summed E-state index contributed by atoms with van der Waals surface area (Å²) in [4.78, 5) is 16.5. The van der Waals surface area contributed by atoms with Crippen molar-refractivity contribution in [2.45, 2.75) is 56.7 Å². The number of carbonyl (C=O) groups excluding carboxylic acids is 1. The normalized spacial score (nSPS) is 18.3. The third kappa shape index (κ3) is 4.33. The summed E-state index contributed by atoms with van der Waals surface area (Å²) in [7, 11) is -3.99. The highest BCUT2D eigenvalue weighted by atomic mass is 32.2. The zero-order chi connectivity index (χ0) is 25.7. The molecule has 0 spiro atoms. The Kier molecular flexibility index (Phi) is 6.01. The van der Waals surface area contributed by atoms with Gasteiger partial charge in [-0.2, -0.15) is 4.31 Å². The average molecular weight is 503 g/mol.